The molecular formula is C19H26N4O2. The molecule has 3 rings (SSSR count). The smallest absolute Gasteiger partial charge is 0.220 e. The van der Waals surface area contributed by atoms with Crippen LogP contribution in [0.4, 0.5) is 0 Å². The van der Waals surface area contributed by atoms with Gasteiger partial charge in [0.15, 0.2) is 0 Å². The van der Waals surface area contributed by atoms with Crippen LogP contribution >= 0.6 is 0 Å². The van der Waals surface area contributed by atoms with Crippen LogP contribution in [-0.2, 0) is 17.9 Å². The molecule has 0 saturated carbocycles. The lowest BCUT2D eigenvalue weighted by Gasteiger charge is -2.32. The van der Waals surface area contributed by atoms with Crippen molar-refractivity contribution in [2.75, 3.05) is 0 Å². The quantitative estimate of drug-likeness (QED) is 0.779. The lowest BCUT2D eigenvalue weighted by Crippen LogP contribution is -2.48. The SMILES string of the molecule is CCn1cc([C@@H]2NC(=O)CC[C@H]2NCc2cc(C)c(C)cc2O)cn1. The van der Waals surface area contributed by atoms with E-state index in [0.29, 0.717) is 18.7 Å². The van der Waals surface area contributed by atoms with Crippen molar-refractivity contribution < 1.29 is 9.90 Å². The lowest BCUT2D eigenvalue weighted by atomic mass is 9.93. The highest BCUT2D eigenvalue weighted by atomic mass is 16.3. The predicted molar refractivity (Wildman–Crippen MR) is 96.2 cm³/mol. The van der Waals surface area contributed by atoms with Crippen molar-refractivity contribution >= 4 is 5.91 Å². The molecule has 1 saturated heterocycles. The Hall–Kier alpha value is -2.34. The molecule has 0 radical (unpaired) electrons. The van der Waals surface area contributed by atoms with Crippen molar-refractivity contribution in [1.82, 2.24) is 20.4 Å². The molecular weight excluding hydrogens is 316 g/mol. The van der Waals surface area contributed by atoms with Crippen LogP contribution in [-0.4, -0.2) is 26.8 Å². The zero-order valence-electron chi connectivity index (χ0n) is 15.0. The summed E-state index contributed by atoms with van der Waals surface area (Å²) in [5, 5.41) is 21.1. The summed E-state index contributed by atoms with van der Waals surface area (Å²) in [5.41, 5.74) is 4.13. The van der Waals surface area contributed by atoms with Gasteiger partial charge in [0, 0.05) is 42.9 Å². The summed E-state index contributed by atoms with van der Waals surface area (Å²) in [6.07, 6.45) is 5.08. The number of phenolic OH excluding ortho intramolecular Hbond substituents is 1. The van der Waals surface area contributed by atoms with Crippen molar-refractivity contribution in [2.24, 2.45) is 0 Å². The summed E-state index contributed by atoms with van der Waals surface area (Å²) in [7, 11) is 0. The van der Waals surface area contributed by atoms with Crippen LogP contribution in [0.2, 0.25) is 0 Å². The van der Waals surface area contributed by atoms with E-state index < -0.39 is 0 Å². The maximum absolute atomic E-state index is 11.9. The molecule has 1 aromatic carbocycles. The van der Waals surface area contributed by atoms with E-state index in [4.69, 9.17) is 0 Å². The zero-order valence-corrected chi connectivity index (χ0v) is 15.0. The highest BCUT2D eigenvalue weighted by molar-refractivity contribution is 5.77. The zero-order chi connectivity index (χ0) is 18.0. The van der Waals surface area contributed by atoms with Crippen molar-refractivity contribution in [1.29, 1.82) is 0 Å². The Morgan fingerprint density at radius 2 is 2.12 bits per heavy atom. The third kappa shape index (κ3) is 3.85. The number of nitrogens with one attached hydrogen (secondary N) is 2. The van der Waals surface area contributed by atoms with Crippen LogP contribution in [0.1, 0.15) is 48.1 Å². The van der Waals surface area contributed by atoms with E-state index in [-0.39, 0.29) is 18.0 Å². The summed E-state index contributed by atoms with van der Waals surface area (Å²) in [6.45, 7) is 7.43. The van der Waals surface area contributed by atoms with Crippen LogP contribution in [0, 0.1) is 13.8 Å². The Labute approximate surface area is 148 Å². The Bertz CT molecular complexity index is 769. The number of amides is 1. The van der Waals surface area contributed by atoms with Crippen LogP contribution in [0.15, 0.2) is 24.5 Å². The molecule has 2 atom stereocenters. The standard InChI is InChI=1S/C19H26N4O2/c1-4-23-11-15(10-21-23)19-16(5-6-18(25)22-19)20-9-14-7-12(2)13(3)8-17(14)24/h7-8,10-11,16,19-20,24H,4-6,9H2,1-3H3,(H,22,25)/t16-,19+/m1/s1. The molecule has 1 aliphatic heterocycles. The van der Waals surface area contributed by atoms with Crippen LogP contribution in [0.5, 0.6) is 5.75 Å². The molecule has 134 valence electrons. The number of phenols is 1. The molecule has 0 spiro atoms. The first-order valence-electron chi connectivity index (χ1n) is 8.82. The summed E-state index contributed by atoms with van der Waals surface area (Å²) < 4.78 is 1.86. The highest BCUT2D eigenvalue weighted by Gasteiger charge is 2.30. The number of aryl methyl sites for hydroxylation is 3. The number of aromatic nitrogens is 2. The molecule has 3 N–H and O–H groups in total. The second kappa shape index (κ2) is 7.27. The number of carbonyl (C=O) groups is 1. The van der Waals surface area contributed by atoms with E-state index in [1.54, 1.807) is 6.07 Å². The molecule has 2 heterocycles. The molecule has 1 amide bonds. The second-order valence-corrected chi connectivity index (χ2v) is 6.77. The van der Waals surface area contributed by atoms with E-state index >= 15 is 0 Å². The summed E-state index contributed by atoms with van der Waals surface area (Å²) >= 11 is 0. The van der Waals surface area contributed by atoms with Gasteiger partial charge in [-0.15, -0.1) is 0 Å². The fraction of sp³-hybridized carbons (Fsp3) is 0.474. The molecule has 1 fully saturated rings. The first kappa shape index (κ1) is 17.5. The summed E-state index contributed by atoms with van der Waals surface area (Å²) in [6, 6.07) is 3.82. The number of hydrogen-bond donors (Lipinski definition) is 3. The molecule has 2 aromatic rings. The molecule has 0 bridgehead atoms. The second-order valence-electron chi connectivity index (χ2n) is 6.77. The van der Waals surface area contributed by atoms with Gasteiger partial charge >= 0.3 is 0 Å². The van der Waals surface area contributed by atoms with Gasteiger partial charge in [0.05, 0.1) is 12.2 Å². The minimum absolute atomic E-state index is 0.0707. The lowest BCUT2D eigenvalue weighted by molar-refractivity contribution is -0.123. The Morgan fingerprint density at radius 1 is 1.36 bits per heavy atom. The third-order valence-electron chi connectivity index (χ3n) is 4.99. The van der Waals surface area contributed by atoms with Gasteiger partial charge in [-0.3, -0.25) is 9.48 Å². The van der Waals surface area contributed by atoms with Crippen LogP contribution in [0.25, 0.3) is 0 Å². The maximum atomic E-state index is 11.9. The third-order valence-corrected chi connectivity index (χ3v) is 4.99. The number of aromatic hydroxyl groups is 1. The van der Waals surface area contributed by atoms with E-state index in [9.17, 15) is 9.90 Å². The number of piperidine rings is 1. The minimum atomic E-state index is -0.102. The van der Waals surface area contributed by atoms with Crippen LogP contribution in [0.3, 0.4) is 0 Å². The number of hydrogen-bond acceptors (Lipinski definition) is 4. The molecule has 25 heavy (non-hydrogen) atoms. The summed E-state index contributed by atoms with van der Waals surface area (Å²) in [4.78, 5) is 11.9. The summed E-state index contributed by atoms with van der Waals surface area (Å²) in [5.74, 6) is 0.382. The van der Waals surface area contributed by atoms with E-state index in [1.807, 2.05) is 43.9 Å². The Kier molecular flexibility index (Phi) is 5.08. The highest BCUT2D eigenvalue weighted by Crippen LogP contribution is 2.26. The normalized spacial score (nSPS) is 20.5. The first-order valence-corrected chi connectivity index (χ1v) is 8.82. The van der Waals surface area contributed by atoms with E-state index in [2.05, 4.69) is 15.7 Å². The van der Waals surface area contributed by atoms with Crippen LogP contribution < -0.4 is 10.6 Å². The number of rotatable bonds is 5. The van der Waals surface area contributed by atoms with Gasteiger partial charge in [-0.2, -0.15) is 5.10 Å². The fourth-order valence-corrected chi connectivity index (χ4v) is 3.29. The van der Waals surface area contributed by atoms with Gasteiger partial charge in [-0.25, -0.2) is 0 Å². The van der Waals surface area contributed by atoms with E-state index in [0.717, 1.165) is 35.2 Å². The number of benzene rings is 1. The molecule has 1 aromatic heterocycles. The average Bonchev–Trinajstić information content (AvgIpc) is 3.07. The molecule has 1 aliphatic rings. The topological polar surface area (TPSA) is 79.2 Å². The van der Waals surface area contributed by atoms with Gasteiger partial charge < -0.3 is 15.7 Å². The largest absolute Gasteiger partial charge is 0.508 e. The van der Waals surface area contributed by atoms with Gasteiger partial charge in [-0.05, 0) is 44.4 Å². The Morgan fingerprint density at radius 3 is 2.84 bits per heavy atom. The Balaban J connectivity index is 1.75. The van der Waals surface area contributed by atoms with Gasteiger partial charge in [0.2, 0.25) is 5.91 Å². The molecule has 0 unspecified atom stereocenters. The maximum Gasteiger partial charge on any atom is 0.220 e. The first-order chi connectivity index (χ1) is 12.0. The van der Waals surface area contributed by atoms with Gasteiger partial charge in [-0.1, -0.05) is 6.07 Å². The van der Waals surface area contributed by atoms with Crippen molar-refractivity contribution in [2.45, 2.75) is 58.8 Å². The fourth-order valence-electron chi connectivity index (χ4n) is 3.29. The van der Waals surface area contributed by atoms with Crippen molar-refractivity contribution in [3.8, 4) is 5.75 Å². The monoisotopic (exact) mass is 342 g/mol. The van der Waals surface area contributed by atoms with Gasteiger partial charge in [0.25, 0.3) is 0 Å². The molecule has 6 nitrogen and oxygen atoms in total. The van der Waals surface area contributed by atoms with E-state index in [1.165, 1.54) is 0 Å². The minimum Gasteiger partial charge on any atom is -0.508 e. The van der Waals surface area contributed by atoms with Crippen molar-refractivity contribution in [3.05, 3.63) is 46.8 Å². The van der Waals surface area contributed by atoms with Crippen molar-refractivity contribution in [3.63, 3.8) is 0 Å². The predicted octanol–water partition coefficient (Wildman–Crippen LogP) is 2.33. The molecule has 0 aliphatic carbocycles. The number of nitrogens with zero attached hydrogens (tertiary/aromatic N) is 2. The molecule has 6 heteroatoms. The average molecular weight is 342 g/mol. The number of carbonyl (C=O) groups excluding carboxylic acids is 1. The van der Waals surface area contributed by atoms with Gasteiger partial charge in [0.1, 0.15) is 5.75 Å².